The third kappa shape index (κ3) is 3.65. The molecule has 2 aliphatic heterocycles. The van der Waals surface area contributed by atoms with Crippen LogP contribution in [0.4, 0.5) is 5.69 Å². The number of rotatable bonds is 4. The number of nitrogens with zero attached hydrogens (tertiary/aromatic N) is 2. The van der Waals surface area contributed by atoms with Crippen LogP contribution in [-0.4, -0.2) is 44.9 Å². The Balaban J connectivity index is 1.54. The van der Waals surface area contributed by atoms with Crippen LogP contribution in [0.1, 0.15) is 25.3 Å². The molecule has 0 aliphatic carbocycles. The zero-order valence-corrected chi connectivity index (χ0v) is 17.6. The molecule has 0 saturated carbocycles. The van der Waals surface area contributed by atoms with Gasteiger partial charge in [0.25, 0.3) is 0 Å². The fourth-order valence-electron chi connectivity index (χ4n) is 4.36. The van der Waals surface area contributed by atoms with E-state index in [1.165, 1.54) is 9.87 Å². The van der Waals surface area contributed by atoms with E-state index >= 15 is 0 Å². The van der Waals surface area contributed by atoms with Gasteiger partial charge >= 0.3 is 0 Å². The molecule has 0 bridgehead atoms. The lowest BCUT2D eigenvalue weighted by molar-refractivity contribution is -0.123. The first kappa shape index (κ1) is 19.9. The monoisotopic (exact) mass is 414 g/mol. The summed E-state index contributed by atoms with van der Waals surface area (Å²) in [7, 11) is -2.10. The van der Waals surface area contributed by atoms with Gasteiger partial charge in [-0.1, -0.05) is 18.2 Å². The second-order valence-corrected chi connectivity index (χ2v) is 9.71. The molecular weight excluding hydrogens is 388 g/mol. The summed E-state index contributed by atoms with van der Waals surface area (Å²) in [5, 5.41) is 0. The maximum atomic E-state index is 13.4. The molecule has 2 aliphatic rings. The molecule has 1 amide bonds. The Morgan fingerprint density at radius 3 is 2.55 bits per heavy atom. The summed E-state index contributed by atoms with van der Waals surface area (Å²) in [5.41, 5.74) is 2.13. The zero-order valence-electron chi connectivity index (χ0n) is 16.7. The summed E-state index contributed by atoms with van der Waals surface area (Å²) >= 11 is 0. The molecule has 2 aromatic rings. The fraction of sp³-hybridized carbons (Fsp3) is 0.409. The average Bonchev–Trinajstić information content (AvgIpc) is 3.09. The number of hydrogen-bond donors (Lipinski definition) is 0. The number of hydrogen-bond acceptors (Lipinski definition) is 4. The third-order valence-corrected chi connectivity index (χ3v) is 7.75. The van der Waals surface area contributed by atoms with Crippen molar-refractivity contribution in [3.63, 3.8) is 0 Å². The van der Waals surface area contributed by atoms with Gasteiger partial charge in [0.1, 0.15) is 5.75 Å². The summed E-state index contributed by atoms with van der Waals surface area (Å²) in [5.74, 6) is 0.305. The SMILES string of the molecule is COc1ccc(S(=O)(=O)N2CCCC(C(=O)N3c4ccccc4CC3C)C2)cc1. The van der Waals surface area contributed by atoms with E-state index in [2.05, 4.69) is 6.07 Å². The molecule has 2 atom stereocenters. The number of amides is 1. The van der Waals surface area contributed by atoms with Gasteiger partial charge in [0.2, 0.25) is 15.9 Å². The number of ether oxygens (including phenoxy) is 1. The highest BCUT2D eigenvalue weighted by Gasteiger charge is 2.39. The predicted molar refractivity (Wildman–Crippen MR) is 112 cm³/mol. The summed E-state index contributed by atoms with van der Waals surface area (Å²) in [6.45, 7) is 2.70. The molecule has 6 nitrogen and oxygen atoms in total. The van der Waals surface area contributed by atoms with Crippen LogP contribution in [0.5, 0.6) is 5.75 Å². The van der Waals surface area contributed by atoms with Crippen LogP contribution in [0.25, 0.3) is 0 Å². The normalized spacial score (nSPS) is 22.3. The number of methoxy groups -OCH3 is 1. The van der Waals surface area contributed by atoms with Crippen LogP contribution in [0, 0.1) is 5.92 Å². The molecule has 29 heavy (non-hydrogen) atoms. The highest BCUT2D eigenvalue weighted by molar-refractivity contribution is 7.89. The van der Waals surface area contributed by atoms with Gasteiger partial charge in [0, 0.05) is 24.8 Å². The molecule has 7 heteroatoms. The molecule has 0 N–H and O–H groups in total. The van der Waals surface area contributed by atoms with E-state index < -0.39 is 10.0 Å². The van der Waals surface area contributed by atoms with Crippen molar-refractivity contribution in [2.75, 3.05) is 25.1 Å². The van der Waals surface area contributed by atoms with Crippen molar-refractivity contribution in [3.05, 3.63) is 54.1 Å². The lowest BCUT2D eigenvalue weighted by atomic mass is 9.97. The van der Waals surface area contributed by atoms with E-state index in [0.29, 0.717) is 25.1 Å². The smallest absolute Gasteiger partial charge is 0.243 e. The van der Waals surface area contributed by atoms with E-state index in [0.717, 1.165) is 12.1 Å². The standard InChI is InChI=1S/C22H26N2O4S/c1-16-14-17-6-3-4-8-21(17)24(16)22(25)18-7-5-13-23(15-18)29(26,27)20-11-9-19(28-2)10-12-20/h3-4,6,8-12,16,18H,5,7,13-15H2,1-2H3. The van der Waals surface area contributed by atoms with E-state index in [1.807, 2.05) is 30.0 Å². The summed E-state index contributed by atoms with van der Waals surface area (Å²) in [4.78, 5) is 15.4. The number of benzene rings is 2. The average molecular weight is 415 g/mol. The minimum absolute atomic E-state index is 0.0251. The Labute approximate surface area is 172 Å². The molecule has 0 spiro atoms. The minimum Gasteiger partial charge on any atom is -0.497 e. The third-order valence-electron chi connectivity index (χ3n) is 5.88. The maximum absolute atomic E-state index is 13.4. The molecule has 1 saturated heterocycles. The molecule has 0 radical (unpaired) electrons. The van der Waals surface area contributed by atoms with E-state index in [1.54, 1.807) is 31.4 Å². The first-order valence-corrected chi connectivity index (χ1v) is 11.4. The van der Waals surface area contributed by atoms with Crippen molar-refractivity contribution >= 4 is 21.6 Å². The van der Waals surface area contributed by atoms with Gasteiger partial charge in [0.05, 0.1) is 17.9 Å². The first-order valence-electron chi connectivity index (χ1n) is 9.97. The highest BCUT2D eigenvalue weighted by Crippen LogP contribution is 2.35. The van der Waals surface area contributed by atoms with Crippen molar-refractivity contribution in [1.29, 1.82) is 0 Å². The van der Waals surface area contributed by atoms with Crippen molar-refractivity contribution in [2.45, 2.75) is 37.1 Å². The molecule has 154 valence electrons. The van der Waals surface area contributed by atoms with Crippen LogP contribution < -0.4 is 9.64 Å². The van der Waals surface area contributed by atoms with Crippen LogP contribution in [0.15, 0.2) is 53.4 Å². The number of anilines is 1. The van der Waals surface area contributed by atoms with Gasteiger partial charge < -0.3 is 9.64 Å². The molecule has 0 aromatic heterocycles. The first-order chi connectivity index (χ1) is 13.9. The van der Waals surface area contributed by atoms with Gasteiger partial charge in [0.15, 0.2) is 0 Å². The van der Waals surface area contributed by atoms with Crippen molar-refractivity contribution < 1.29 is 17.9 Å². The summed E-state index contributed by atoms with van der Waals surface area (Å²) in [6.07, 6.45) is 2.22. The van der Waals surface area contributed by atoms with Gasteiger partial charge in [-0.3, -0.25) is 4.79 Å². The topological polar surface area (TPSA) is 66.9 Å². The Bertz CT molecular complexity index is 1000. The van der Waals surface area contributed by atoms with Crippen molar-refractivity contribution in [1.82, 2.24) is 4.31 Å². The molecule has 2 heterocycles. The van der Waals surface area contributed by atoms with E-state index in [4.69, 9.17) is 4.74 Å². The lowest BCUT2D eigenvalue weighted by Crippen LogP contribution is -2.48. The van der Waals surface area contributed by atoms with Crippen molar-refractivity contribution in [2.24, 2.45) is 5.92 Å². The number of carbonyl (C=O) groups excluding carboxylic acids is 1. The number of piperidine rings is 1. The highest BCUT2D eigenvalue weighted by atomic mass is 32.2. The Hall–Kier alpha value is -2.38. The Morgan fingerprint density at radius 2 is 1.83 bits per heavy atom. The number of fused-ring (bicyclic) bond motifs is 1. The van der Waals surface area contributed by atoms with Gasteiger partial charge in [-0.05, 0) is 62.1 Å². The lowest BCUT2D eigenvalue weighted by Gasteiger charge is -2.34. The molecule has 4 rings (SSSR count). The zero-order chi connectivity index (χ0) is 20.6. The predicted octanol–water partition coefficient (Wildman–Crippen LogP) is 3.07. The van der Waals surface area contributed by atoms with E-state index in [9.17, 15) is 13.2 Å². The quantitative estimate of drug-likeness (QED) is 0.771. The van der Waals surface area contributed by atoms with Gasteiger partial charge in [-0.25, -0.2) is 8.42 Å². The van der Waals surface area contributed by atoms with E-state index in [-0.39, 0.29) is 29.3 Å². The van der Waals surface area contributed by atoms with Crippen LogP contribution in [-0.2, 0) is 21.2 Å². The van der Waals surface area contributed by atoms with Crippen LogP contribution >= 0.6 is 0 Å². The largest absolute Gasteiger partial charge is 0.497 e. The molecule has 2 unspecified atom stereocenters. The second-order valence-electron chi connectivity index (χ2n) is 7.77. The Morgan fingerprint density at radius 1 is 1.10 bits per heavy atom. The fourth-order valence-corrected chi connectivity index (χ4v) is 5.88. The molecule has 2 aromatic carbocycles. The maximum Gasteiger partial charge on any atom is 0.243 e. The summed E-state index contributed by atoms with van der Waals surface area (Å²) < 4.78 is 32.8. The number of carbonyl (C=O) groups is 1. The minimum atomic E-state index is -3.64. The van der Waals surface area contributed by atoms with Crippen LogP contribution in [0.3, 0.4) is 0 Å². The van der Waals surface area contributed by atoms with Crippen LogP contribution in [0.2, 0.25) is 0 Å². The summed E-state index contributed by atoms with van der Waals surface area (Å²) in [6, 6.07) is 14.4. The number of para-hydroxylation sites is 1. The number of sulfonamides is 1. The van der Waals surface area contributed by atoms with Crippen molar-refractivity contribution in [3.8, 4) is 5.75 Å². The van der Waals surface area contributed by atoms with Gasteiger partial charge in [-0.2, -0.15) is 4.31 Å². The second kappa shape index (κ2) is 7.80. The molecule has 1 fully saturated rings. The van der Waals surface area contributed by atoms with Gasteiger partial charge in [-0.15, -0.1) is 0 Å². The Kier molecular flexibility index (Phi) is 5.36. The molecular formula is C22H26N2O4S.